The summed E-state index contributed by atoms with van der Waals surface area (Å²) in [6.07, 6.45) is 3.43. The van der Waals surface area contributed by atoms with Crippen molar-refractivity contribution in [3.05, 3.63) is 27.9 Å². The van der Waals surface area contributed by atoms with Crippen LogP contribution < -0.4 is 0 Å². The molecular weight excluding hydrogens is 268 g/mol. The fourth-order valence-electron chi connectivity index (χ4n) is 1.64. The van der Waals surface area contributed by atoms with Crippen LogP contribution in [0.25, 0.3) is 0 Å². The molecule has 8 nitrogen and oxygen atoms in total. The summed E-state index contributed by atoms with van der Waals surface area (Å²) >= 11 is 1.33. The molecule has 0 aliphatic heterocycles. The van der Waals surface area contributed by atoms with Gasteiger partial charge >= 0.3 is 0 Å². The van der Waals surface area contributed by atoms with E-state index in [2.05, 4.69) is 20.5 Å². The van der Waals surface area contributed by atoms with Gasteiger partial charge in [-0.2, -0.15) is 0 Å². The summed E-state index contributed by atoms with van der Waals surface area (Å²) in [5.41, 5.74) is 0.730. The van der Waals surface area contributed by atoms with Crippen LogP contribution in [0.4, 0.5) is 5.69 Å². The van der Waals surface area contributed by atoms with Gasteiger partial charge in [0.25, 0.3) is 5.69 Å². The van der Waals surface area contributed by atoms with E-state index in [4.69, 9.17) is 0 Å². The molecule has 1 aliphatic carbocycles. The molecular formula is C10H10N6O2S. The standard InChI is InChI=1S/C10H10N6O2S/c1-6-4-8(16(17)18)5-11-9(6)19-10-12-13-14-15(10)7-2-3-7/h4-5,7H,2-3H2,1H3. The first-order valence-corrected chi connectivity index (χ1v) is 6.53. The molecule has 19 heavy (non-hydrogen) atoms. The summed E-state index contributed by atoms with van der Waals surface area (Å²) in [5, 5.41) is 23.6. The van der Waals surface area contributed by atoms with Crippen molar-refractivity contribution in [3.8, 4) is 0 Å². The highest BCUT2D eigenvalue weighted by atomic mass is 32.2. The van der Waals surface area contributed by atoms with Crippen molar-refractivity contribution in [1.29, 1.82) is 0 Å². The fourth-order valence-corrected chi connectivity index (χ4v) is 2.50. The Hall–Kier alpha value is -2.03. The number of pyridine rings is 1. The van der Waals surface area contributed by atoms with E-state index in [1.54, 1.807) is 11.6 Å². The molecule has 1 saturated carbocycles. The number of nitro groups is 1. The van der Waals surface area contributed by atoms with E-state index in [9.17, 15) is 10.1 Å². The normalized spacial score (nSPS) is 14.6. The van der Waals surface area contributed by atoms with Gasteiger partial charge in [0.2, 0.25) is 5.16 Å². The third-order valence-corrected chi connectivity index (χ3v) is 3.84. The highest BCUT2D eigenvalue weighted by Crippen LogP contribution is 2.38. The van der Waals surface area contributed by atoms with Gasteiger partial charge in [-0.25, -0.2) is 9.67 Å². The van der Waals surface area contributed by atoms with Crippen molar-refractivity contribution in [1.82, 2.24) is 25.2 Å². The summed E-state index contributed by atoms with van der Waals surface area (Å²) in [6, 6.07) is 1.89. The first-order chi connectivity index (χ1) is 9.15. The number of hydrogen-bond donors (Lipinski definition) is 0. The topological polar surface area (TPSA) is 99.6 Å². The average molecular weight is 278 g/mol. The Morgan fingerprint density at radius 2 is 2.32 bits per heavy atom. The molecule has 0 aromatic carbocycles. The number of hydrogen-bond acceptors (Lipinski definition) is 7. The molecule has 2 heterocycles. The summed E-state index contributed by atoms with van der Waals surface area (Å²) < 4.78 is 1.78. The van der Waals surface area contributed by atoms with E-state index in [-0.39, 0.29) is 5.69 Å². The maximum absolute atomic E-state index is 10.7. The zero-order chi connectivity index (χ0) is 13.4. The lowest BCUT2D eigenvalue weighted by Gasteiger charge is -2.04. The number of tetrazole rings is 1. The van der Waals surface area contributed by atoms with Gasteiger partial charge in [0, 0.05) is 6.07 Å². The van der Waals surface area contributed by atoms with Crippen LogP contribution in [0.5, 0.6) is 0 Å². The van der Waals surface area contributed by atoms with Crippen molar-refractivity contribution in [2.24, 2.45) is 0 Å². The Morgan fingerprint density at radius 1 is 1.53 bits per heavy atom. The number of nitrogens with zero attached hydrogens (tertiary/aromatic N) is 6. The van der Waals surface area contributed by atoms with Crippen molar-refractivity contribution < 1.29 is 4.92 Å². The number of aryl methyl sites for hydroxylation is 1. The first kappa shape index (κ1) is 12.0. The van der Waals surface area contributed by atoms with Gasteiger partial charge in [0.15, 0.2) is 0 Å². The Labute approximate surface area is 112 Å². The second-order valence-corrected chi connectivity index (χ2v) is 5.27. The van der Waals surface area contributed by atoms with E-state index < -0.39 is 4.92 Å². The Balaban J connectivity index is 1.86. The lowest BCUT2D eigenvalue weighted by molar-refractivity contribution is -0.385. The second kappa shape index (κ2) is 4.57. The van der Waals surface area contributed by atoms with Crippen LogP contribution in [0.3, 0.4) is 0 Å². The molecule has 98 valence electrons. The van der Waals surface area contributed by atoms with E-state index in [0.29, 0.717) is 16.2 Å². The van der Waals surface area contributed by atoms with Gasteiger partial charge in [-0.15, -0.1) is 5.10 Å². The van der Waals surface area contributed by atoms with Gasteiger partial charge < -0.3 is 0 Å². The van der Waals surface area contributed by atoms with E-state index in [1.165, 1.54) is 24.0 Å². The summed E-state index contributed by atoms with van der Waals surface area (Å²) in [4.78, 5) is 14.3. The van der Waals surface area contributed by atoms with Gasteiger partial charge in [-0.05, 0) is 47.5 Å². The van der Waals surface area contributed by atoms with Gasteiger partial charge in [0.1, 0.15) is 11.2 Å². The zero-order valence-electron chi connectivity index (χ0n) is 10.1. The summed E-state index contributed by atoms with van der Waals surface area (Å²) in [6.45, 7) is 1.79. The molecule has 1 fully saturated rings. The van der Waals surface area contributed by atoms with Crippen molar-refractivity contribution >= 4 is 17.4 Å². The predicted octanol–water partition coefficient (Wildman–Crippen LogP) is 1.77. The second-order valence-electron chi connectivity index (χ2n) is 4.31. The molecule has 1 aliphatic rings. The maximum Gasteiger partial charge on any atom is 0.287 e. The van der Waals surface area contributed by atoms with Gasteiger partial charge in [-0.1, -0.05) is 0 Å². The van der Waals surface area contributed by atoms with Crippen LogP contribution in [0.15, 0.2) is 22.4 Å². The summed E-state index contributed by atoms with van der Waals surface area (Å²) in [7, 11) is 0. The lowest BCUT2D eigenvalue weighted by Crippen LogP contribution is -1.99. The van der Waals surface area contributed by atoms with E-state index in [1.807, 2.05) is 0 Å². The summed E-state index contributed by atoms with van der Waals surface area (Å²) in [5.74, 6) is 0. The molecule has 0 saturated heterocycles. The predicted molar refractivity (Wildman–Crippen MR) is 65.8 cm³/mol. The minimum atomic E-state index is -0.456. The Kier molecular flexibility index (Phi) is 2.90. The van der Waals surface area contributed by atoms with Crippen LogP contribution in [0, 0.1) is 17.0 Å². The van der Waals surface area contributed by atoms with Gasteiger partial charge in [0.05, 0.1) is 11.0 Å². The molecule has 0 spiro atoms. The Bertz CT molecular complexity index is 639. The lowest BCUT2D eigenvalue weighted by atomic mass is 10.3. The van der Waals surface area contributed by atoms with Crippen LogP contribution in [-0.2, 0) is 0 Å². The molecule has 0 unspecified atom stereocenters. The third-order valence-electron chi connectivity index (χ3n) is 2.77. The van der Waals surface area contributed by atoms with Crippen molar-refractivity contribution in [2.75, 3.05) is 0 Å². The fraction of sp³-hybridized carbons (Fsp3) is 0.400. The zero-order valence-corrected chi connectivity index (χ0v) is 10.9. The smallest absolute Gasteiger partial charge is 0.258 e. The monoisotopic (exact) mass is 278 g/mol. The highest BCUT2D eigenvalue weighted by molar-refractivity contribution is 7.99. The molecule has 2 aromatic rings. The molecule has 2 aromatic heterocycles. The van der Waals surface area contributed by atoms with Crippen LogP contribution in [-0.4, -0.2) is 30.1 Å². The minimum absolute atomic E-state index is 0.0105. The van der Waals surface area contributed by atoms with Crippen LogP contribution in [0.2, 0.25) is 0 Å². The SMILES string of the molecule is Cc1cc([N+](=O)[O-])cnc1Sc1nnnn1C1CC1. The number of rotatable bonds is 4. The Morgan fingerprint density at radius 3 is 2.95 bits per heavy atom. The average Bonchev–Trinajstić information content (AvgIpc) is 3.12. The van der Waals surface area contributed by atoms with Crippen LogP contribution >= 0.6 is 11.8 Å². The molecule has 3 rings (SSSR count). The van der Waals surface area contributed by atoms with E-state index in [0.717, 1.165) is 18.4 Å². The molecule has 0 radical (unpaired) electrons. The van der Waals surface area contributed by atoms with Crippen molar-refractivity contribution in [2.45, 2.75) is 36.0 Å². The minimum Gasteiger partial charge on any atom is -0.258 e. The van der Waals surface area contributed by atoms with Gasteiger partial charge in [-0.3, -0.25) is 10.1 Å². The van der Waals surface area contributed by atoms with Crippen molar-refractivity contribution in [3.63, 3.8) is 0 Å². The first-order valence-electron chi connectivity index (χ1n) is 5.72. The van der Waals surface area contributed by atoms with Crippen LogP contribution in [0.1, 0.15) is 24.4 Å². The highest BCUT2D eigenvalue weighted by Gasteiger charge is 2.28. The molecule has 0 bridgehead atoms. The van der Waals surface area contributed by atoms with E-state index >= 15 is 0 Å². The quantitative estimate of drug-likeness (QED) is 0.620. The largest absolute Gasteiger partial charge is 0.287 e. The molecule has 9 heteroatoms. The number of aromatic nitrogens is 5. The molecule has 0 N–H and O–H groups in total. The molecule has 0 atom stereocenters. The maximum atomic E-state index is 10.7. The molecule has 0 amide bonds. The third kappa shape index (κ3) is 2.41.